The highest BCUT2D eigenvalue weighted by Gasteiger charge is 2.76. The molecule has 4 unspecified atom stereocenters. The second-order valence-corrected chi connectivity index (χ2v) is 19.4. The quantitative estimate of drug-likeness (QED) is 0.0928. The lowest BCUT2D eigenvalue weighted by Crippen LogP contribution is -2.63. The van der Waals surface area contributed by atoms with Gasteiger partial charge in [-0.25, -0.2) is 9.13 Å². The van der Waals surface area contributed by atoms with Crippen molar-refractivity contribution in [2.24, 2.45) is 28.6 Å². The van der Waals surface area contributed by atoms with E-state index in [4.69, 9.17) is 27.6 Å². The molecule has 6 rings (SSSR count). The lowest BCUT2D eigenvalue weighted by Gasteiger charge is -2.60. The Balaban J connectivity index is 1.16. The van der Waals surface area contributed by atoms with Crippen molar-refractivity contribution in [1.29, 1.82) is 0 Å². The zero-order valence-electron chi connectivity index (χ0n) is 32.2. The summed E-state index contributed by atoms with van der Waals surface area (Å²) < 4.78 is 61.1. The zero-order valence-corrected chi connectivity index (χ0v) is 34.0. The van der Waals surface area contributed by atoms with Crippen LogP contribution in [0.15, 0.2) is 35.5 Å². The Kier molecular flexibility index (Phi) is 13.0. The summed E-state index contributed by atoms with van der Waals surface area (Å²) in [6.07, 6.45) is 12.1. The Morgan fingerprint density at radius 1 is 1.11 bits per heavy atom. The zero-order chi connectivity index (χ0) is 39.8. The van der Waals surface area contributed by atoms with Gasteiger partial charge < -0.3 is 34.4 Å². The molecule has 0 aromatic carbocycles. The van der Waals surface area contributed by atoms with Gasteiger partial charge in [0.15, 0.2) is 23.5 Å². The largest absolute Gasteiger partial charge is 0.481 e. The number of allylic oxidation sites excluding steroid dienone is 5. The second kappa shape index (κ2) is 16.8. The van der Waals surface area contributed by atoms with E-state index < -0.39 is 81.4 Å². The van der Waals surface area contributed by atoms with E-state index >= 15 is 0 Å². The van der Waals surface area contributed by atoms with Crippen LogP contribution in [-0.2, 0) is 51.1 Å². The molecule has 12 atom stereocenters. The number of ketones is 2. The highest BCUT2D eigenvalue weighted by atomic mass is 31.3. The average molecular weight is 814 g/mol. The van der Waals surface area contributed by atoms with E-state index in [0.29, 0.717) is 25.7 Å². The first-order valence-electron chi connectivity index (χ1n) is 19.6. The average Bonchev–Trinajstić information content (AvgIpc) is 3.59. The summed E-state index contributed by atoms with van der Waals surface area (Å²) in [6.45, 7) is 5.99. The molecule has 3 saturated carbocycles. The smallest absolute Gasteiger partial charge is 0.388 e. The normalized spacial score (nSPS) is 39.2. The van der Waals surface area contributed by atoms with E-state index in [1.165, 1.54) is 6.08 Å². The topological polar surface area (TPSA) is 213 Å². The van der Waals surface area contributed by atoms with E-state index in [-0.39, 0.29) is 43.3 Å². The molecule has 55 heavy (non-hydrogen) atoms. The van der Waals surface area contributed by atoms with Gasteiger partial charge in [-0.2, -0.15) is 4.31 Å². The number of phosphoric acid groups is 2. The van der Waals surface area contributed by atoms with Gasteiger partial charge in [-0.3, -0.25) is 23.4 Å². The lowest BCUT2D eigenvalue weighted by atomic mass is 9.46. The first kappa shape index (κ1) is 42.7. The first-order valence-corrected chi connectivity index (χ1v) is 22.6. The van der Waals surface area contributed by atoms with Crippen molar-refractivity contribution in [2.45, 2.75) is 129 Å². The number of rotatable bonds is 15. The molecular weight excluding hydrogens is 756 g/mol. The molecule has 0 bridgehead atoms. The molecule has 0 spiro atoms. The van der Waals surface area contributed by atoms with E-state index in [1.807, 2.05) is 27.7 Å². The molecule has 1 heterocycles. The Hall–Kier alpha value is -1.87. The molecular formula is C38H57NO14P2. The first-order chi connectivity index (χ1) is 26.0. The Labute approximate surface area is 322 Å². The number of ether oxygens (including phenoxy) is 3. The molecule has 17 heteroatoms. The molecule has 15 nitrogen and oxygen atoms in total. The number of amides is 1. The number of hydrogen-bond acceptors (Lipinski definition) is 12. The maximum Gasteiger partial charge on any atom is 0.481 e. The summed E-state index contributed by atoms with van der Waals surface area (Å²) in [6, 6.07) is 0. The number of carbonyl (C=O) groups excluding carboxylic acids is 3. The molecule has 5 aliphatic carbocycles. The molecule has 4 N–H and O–H groups in total. The van der Waals surface area contributed by atoms with Crippen molar-refractivity contribution in [3.05, 3.63) is 35.5 Å². The minimum Gasteiger partial charge on any atom is -0.388 e. The third kappa shape index (κ3) is 8.50. The van der Waals surface area contributed by atoms with Crippen LogP contribution < -0.4 is 5.32 Å². The molecule has 6 aliphatic rings. The number of fused-ring (bicyclic) bond motifs is 7. The minimum absolute atomic E-state index is 0.0251. The minimum atomic E-state index is -5.38. The SMILES string of the molecule is CCCC1O[C@@H]2C[C@H]3[C@@H]4CCC5=CC(=O)C=C[C@]5(C)[C@H]4[C@@H](OP(=O)(O)OP(=O)(O)OCCNC(=O)COC4CCCCCC=C4C)C[C@]3(C)[C@]2(C(=O)CO)O1. The Bertz CT molecular complexity index is 1680. The van der Waals surface area contributed by atoms with Crippen molar-refractivity contribution in [1.82, 2.24) is 5.32 Å². The van der Waals surface area contributed by atoms with Gasteiger partial charge in [-0.15, -0.1) is 0 Å². The number of Topliss-reactive ketones (excluding diaryl/α,β-unsaturated/α-hetero) is 1. The third-order valence-corrected chi connectivity index (χ3v) is 15.8. The molecule has 0 radical (unpaired) electrons. The van der Waals surface area contributed by atoms with Gasteiger partial charge in [-0.05, 0) is 87.9 Å². The van der Waals surface area contributed by atoms with Crippen molar-refractivity contribution in [3.63, 3.8) is 0 Å². The number of phosphoric ester groups is 2. The molecule has 4 fully saturated rings. The van der Waals surface area contributed by atoms with Crippen LogP contribution in [0.25, 0.3) is 0 Å². The Morgan fingerprint density at radius 2 is 1.89 bits per heavy atom. The summed E-state index contributed by atoms with van der Waals surface area (Å²) in [5, 5.41) is 12.8. The van der Waals surface area contributed by atoms with Crippen molar-refractivity contribution in [2.75, 3.05) is 26.4 Å². The number of nitrogens with one attached hydrogen (secondary N) is 1. The van der Waals surface area contributed by atoms with E-state index in [2.05, 4.69) is 11.4 Å². The fraction of sp³-hybridized carbons (Fsp3) is 0.763. The lowest BCUT2D eigenvalue weighted by molar-refractivity contribution is -0.198. The van der Waals surface area contributed by atoms with Crippen molar-refractivity contribution < 1.29 is 66.0 Å². The second-order valence-electron chi connectivity index (χ2n) is 16.4. The van der Waals surface area contributed by atoms with Crippen LogP contribution in [-0.4, -0.2) is 88.9 Å². The van der Waals surface area contributed by atoms with Crippen molar-refractivity contribution in [3.8, 4) is 0 Å². The van der Waals surface area contributed by atoms with Crippen LogP contribution in [0.3, 0.4) is 0 Å². The van der Waals surface area contributed by atoms with Crippen LogP contribution in [0.2, 0.25) is 0 Å². The summed E-state index contributed by atoms with van der Waals surface area (Å²) in [5.41, 5.74) is -1.50. The molecule has 0 aromatic rings. The van der Waals surface area contributed by atoms with Crippen LogP contribution in [0.5, 0.6) is 0 Å². The van der Waals surface area contributed by atoms with Gasteiger partial charge in [0, 0.05) is 23.3 Å². The molecule has 0 aromatic heterocycles. The van der Waals surface area contributed by atoms with E-state index in [0.717, 1.165) is 49.7 Å². The van der Waals surface area contributed by atoms with Gasteiger partial charge in [0.2, 0.25) is 5.91 Å². The standard InChI is InChI=1S/C38H57NO14P2/c1-5-10-34-50-32-20-28-27-14-13-25-19-26(41)15-16-36(25,3)35(27)30(21-37(28,4)38(32,51-34)31(42)22-40)52-55(46,47)53-54(44,45)49-18-17-39-33(43)23-48-29-12-9-7-6-8-11-24(29)2/h11,15-16,19,27-30,32,34-35,40H,5-10,12-14,17-18,20-23H2,1-4H3,(H,39,43)(H,44,45)(H,46,47)/t27-,28-,29?,30-,32+,34?,35+,36-,37-,38+/m0/s1. The summed E-state index contributed by atoms with van der Waals surface area (Å²) >= 11 is 0. The number of carbonyl (C=O) groups is 3. The fourth-order valence-corrected chi connectivity index (χ4v) is 12.9. The molecule has 1 saturated heterocycles. The predicted octanol–water partition coefficient (Wildman–Crippen LogP) is 5.39. The fourth-order valence-electron chi connectivity index (χ4n) is 10.7. The number of hydrogen-bond donors (Lipinski definition) is 4. The maximum absolute atomic E-state index is 13.8. The number of aliphatic hydroxyl groups is 1. The molecule has 1 amide bonds. The van der Waals surface area contributed by atoms with Crippen LogP contribution in [0.1, 0.15) is 98.3 Å². The summed E-state index contributed by atoms with van der Waals surface area (Å²) in [5.74, 6) is -2.13. The maximum atomic E-state index is 13.8. The van der Waals surface area contributed by atoms with Gasteiger partial charge in [0.05, 0.1) is 24.9 Å². The summed E-state index contributed by atoms with van der Waals surface area (Å²) in [7, 11) is -10.6. The molecule has 308 valence electrons. The predicted molar refractivity (Wildman–Crippen MR) is 198 cm³/mol. The van der Waals surface area contributed by atoms with Crippen LogP contribution in [0, 0.1) is 28.6 Å². The van der Waals surface area contributed by atoms with Gasteiger partial charge >= 0.3 is 15.6 Å². The van der Waals surface area contributed by atoms with Gasteiger partial charge in [-0.1, -0.05) is 57.8 Å². The van der Waals surface area contributed by atoms with Crippen molar-refractivity contribution >= 4 is 33.1 Å². The summed E-state index contributed by atoms with van der Waals surface area (Å²) in [4.78, 5) is 60.4. The van der Waals surface area contributed by atoms with Crippen LogP contribution >= 0.6 is 15.6 Å². The monoisotopic (exact) mass is 813 g/mol. The van der Waals surface area contributed by atoms with Crippen LogP contribution in [0.4, 0.5) is 0 Å². The third-order valence-electron chi connectivity index (χ3n) is 13.1. The Morgan fingerprint density at radius 3 is 2.64 bits per heavy atom. The van der Waals surface area contributed by atoms with Gasteiger partial charge in [0.25, 0.3) is 0 Å². The van der Waals surface area contributed by atoms with E-state index in [9.17, 15) is 38.4 Å². The van der Waals surface area contributed by atoms with E-state index in [1.54, 1.807) is 12.2 Å². The van der Waals surface area contributed by atoms with Gasteiger partial charge in [0.1, 0.15) is 13.2 Å². The highest BCUT2D eigenvalue weighted by molar-refractivity contribution is 7.61. The number of aliphatic hydroxyl groups excluding tert-OH is 1. The highest BCUT2D eigenvalue weighted by Crippen LogP contribution is 2.72. The molecule has 1 aliphatic heterocycles.